The normalized spacial score (nSPS) is 19.6. The van der Waals surface area contributed by atoms with Crippen LogP contribution in [0.4, 0.5) is 0 Å². The fourth-order valence-corrected chi connectivity index (χ4v) is 4.51. The Morgan fingerprint density at radius 2 is 1.49 bits per heavy atom. The first kappa shape index (κ1) is 28.1. The molecule has 3 rings (SSSR count). The number of carbonyl (C=O) groups is 2. The van der Waals surface area contributed by atoms with Gasteiger partial charge in [-0.15, -0.1) is 0 Å². The van der Waals surface area contributed by atoms with Crippen molar-refractivity contribution >= 4 is 24.2 Å². The van der Waals surface area contributed by atoms with Crippen molar-refractivity contribution in [2.24, 2.45) is 0 Å². The third-order valence-corrected chi connectivity index (χ3v) is 6.62. The van der Waals surface area contributed by atoms with Gasteiger partial charge in [0, 0.05) is 51.3 Å². The first-order chi connectivity index (χ1) is 18.2. The average molecular weight is 504 g/mol. The molecular weight excluding hydrogens is 462 g/mol. The molecule has 1 aliphatic rings. The zero-order chi connectivity index (χ0) is 26.1. The maximum Gasteiger partial charge on any atom is 0.246 e. The minimum Gasteiger partial charge on any atom is -0.363 e. The topological polar surface area (TPSA) is 88.5 Å². The van der Waals surface area contributed by atoms with E-state index in [1.807, 2.05) is 76.5 Å². The van der Waals surface area contributed by atoms with Gasteiger partial charge in [-0.2, -0.15) is 0 Å². The number of hydrogen-bond acceptors (Lipinski definition) is 4. The van der Waals surface area contributed by atoms with Gasteiger partial charge in [0.25, 0.3) is 0 Å². The van der Waals surface area contributed by atoms with Crippen molar-refractivity contribution in [1.29, 1.82) is 5.41 Å². The molecule has 0 spiro atoms. The standard InChI is InChI=1S/C30H41N5O2/c31-25-34-20-8-3-9-22-35(30(37)17-16-26-12-4-1-5-13-26)23-11-19-33-29(36)24-28(32-18-10-21-34)27-14-6-2-7-15-27/h1-2,4-7,12-17,25,28,31-32H,3,8-11,18-24H2,(H,33,36)/b17-16+,31-25?. The fraction of sp³-hybridized carbons (Fsp3) is 0.433. The third kappa shape index (κ3) is 10.6. The van der Waals surface area contributed by atoms with E-state index in [0.29, 0.717) is 32.5 Å². The minimum atomic E-state index is -0.0604. The number of hydrogen-bond donors (Lipinski definition) is 3. The van der Waals surface area contributed by atoms with Gasteiger partial charge in [0.05, 0.1) is 6.34 Å². The summed E-state index contributed by atoms with van der Waals surface area (Å²) < 4.78 is 0. The van der Waals surface area contributed by atoms with E-state index in [9.17, 15) is 9.59 Å². The molecule has 0 bridgehead atoms. The Hall–Kier alpha value is -3.45. The van der Waals surface area contributed by atoms with Gasteiger partial charge in [-0.1, -0.05) is 60.7 Å². The molecule has 0 aromatic heterocycles. The van der Waals surface area contributed by atoms with Gasteiger partial charge in [0.2, 0.25) is 11.8 Å². The Balaban J connectivity index is 1.62. The van der Waals surface area contributed by atoms with Crippen LogP contribution in [0.25, 0.3) is 6.08 Å². The molecule has 2 aromatic carbocycles. The Bertz CT molecular complexity index is 980. The van der Waals surface area contributed by atoms with E-state index in [0.717, 1.165) is 56.4 Å². The van der Waals surface area contributed by atoms with Gasteiger partial charge in [-0.25, -0.2) is 0 Å². The molecular formula is C30H41N5O2. The lowest BCUT2D eigenvalue weighted by molar-refractivity contribution is -0.126. The van der Waals surface area contributed by atoms with Gasteiger partial charge >= 0.3 is 0 Å². The molecule has 1 unspecified atom stereocenters. The number of amides is 2. The highest BCUT2D eigenvalue weighted by Crippen LogP contribution is 2.16. The second-order valence-corrected chi connectivity index (χ2v) is 9.47. The molecule has 0 saturated carbocycles. The van der Waals surface area contributed by atoms with Gasteiger partial charge < -0.3 is 20.4 Å². The first-order valence-electron chi connectivity index (χ1n) is 13.5. The van der Waals surface area contributed by atoms with Crippen LogP contribution in [0.15, 0.2) is 66.7 Å². The smallest absolute Gasteiger partial charge is 0.246 e. The van der Waals surface area contributed by atoms with Crippen LogP contribution in [-0.4, -0.2) is 67.2 Å². The van der Waals surface area contributed by atoms with Gasteiger partial charge in [-0.3, -0.25) is 15.0 Å². The number of carbonyl (C=O) groups excluding carboxylic acids is 2. The molecule has 1 fully saturated rings. The second-order valence-electron chi connectivity index (χ2n) is 9.47. The van der Waals surface area contributed by atoms with E-state index in [-0.39, 0.29) is 17.9 Å². The molecule has 3 N–H and O–H groups in total. The largest absolute Gasteiger partial charge is 0.363 e. The number of rotatable bonds is 4. The summed E-state index contributed by atoms with van der Waals surface area (Å²) in [6.45, 7) is 4.27. The van der Waals surface area contributed by atoms with Crippen molar-refractivity contribution in [3.8, 4) is 0 Å². The molecule has 1 atom stereocenters. The predicted octanol–water partition coefficient (Wildman–Crippen LogP) is 4.24. The van der Waals surface area contributed by atoms with Crippen LogP contribution in [0.2, 0.25) is 0 Å². The van der Waals surface area contributed by atoms with Crippen molar-refractivity contribution in [3.05, 3.63) is 77.9 Å². The van der Waals surface area contributed by atoms with Crippen LogP contribution in [0.1, 0.15) is 55.7 Å². The van der Waals surface area contributed by atoms with E-state index >= 15 is 0 Å². The number of nitrogens with one attached hydrogen (secondary N) is 3. The van der Waals surface area contributed by atoms with Crippen LogP contribution >= 0.6 is 0 Å². The molecule has 2 aromatic rings. The highest BCUT2D eigenvalue weighted by Gasteiger charge is 2.16. The summed E-state index contributed by atoms with van der Waals surface area (Å²) >= 11 is 0. The van der Waals surface area contributed by atoms with Gasteiger partial charge in [-0.05, 0) is 55.9 Å². The van der Waals surface area contributed by atoms with E-state index < -0.39 is 0 Å². The highest BCUT2D eigenvalue weighted by atomic mass is 16.2. The molecule has 37 heavy (non-hydrogen) atoms. The Morgan fingerprint density at radius 1 is 0.838 bits per heavy atom. The minimum absolute atomic E-state index is 0.000886. The van der Waals surface area contributed by atoms with Gasteiger partial charge in [0.1, 0.15) is 0 Å². The molecule has 2 amide bonds. The maximum atomic E-state index is 13.0. The predicted molar refractivity (Wildman–Crippen MR) is 150 cm³/mol. The second kappa shape index (κ2) is 16.3. The van der Waals surface area contributed by atoms with Crippen molar-refractivity contribution < 1.29 is 9.59 Å². The molecule has 1 heterocycles. The van der Waals surface area contributed by atoms with Gasteiger partial charge in [0.15, 0.2) is 0 Å². The molecule has 0 radical (unpaired) electrons. The van der Waals surface area contributed by atoms with Crippen LogP contribution in [-0.2, 0) is 9.59 Å². The summed E-state index contributed by atoms with van der Waals surface area (Å²) in [6, 6.07) is 19.8. The number of benzene rings is 2. The van der Waals surface area contributed by atoms with E-state index in [2.05, 4.69) is 10.6 Å². The Labute approximate surface area is 221 Å². The van der Waals surface area contributed by atoms with E-state index in [1.54, 1.807) is 6.08 Å². The van der Waals surface area contributed by atoms with Crippen LogP contribution < -0.4 is 10.6 Å². The van der Waals surface area contributed by atoms with Crippen molar-refractivity contribution in [2.45, 2.75) is 44.6 Å². The van der Waals surface area contributed by atoms with E-state index in [4.69, 9.17) is 5.41 Å². The summed E-state index contributed by atoms with van der Waals surface area (Å²) in [4.78, 5) is 29.6. The van der Waals surface area contributed by atoms with Crippen molar-refractivity contribution in [2.75, 3.05) is 39.3 Å². The lowest BCUT2D eigenvalue weighted by atomic mass is 10.0. The maximum absolute atomic E-state index is 13.0. The SMILES string of the molecule is N=CN1CCCCCN(C(=O)/C=C/c2ccccc2)CCCNC(=O)CC(c2ccccc2)NCCC1. The lowest BCUT2D eigenvalue weighted by Gasteiger charge is -2.24. The van der Waals surface area contributed by atoms with Crippen LogP contribution in [0.5, 0.6) is 0 Å². The average Bonchev–Trinajstić information content (AvgIpc) is 2.93. The molecule has 0 aliphatic carbocycles. The lowest BCUT2D eigenvalue weighted by Crippen LogP contribution is -2.36. The molecule has 1 aliphatic heterocycles. The summed E-state index contributed by atoms with van der Waals surface area (Å²) in [5, 5.41) is 14.3. The van der Waals surface area contributed by atoms with E-state index in [1.165, 1.54) is 6.34 Å². The summed E-state index contributed by atoms with van der Waals surface area (Å²) in [7, 11) is 0. The summed E-state index contributed by atoms with van der Waals surface area (Å²) in [6.07, 6.45) is 9.81. The van der Waals surface area contributed by atoms with Crippen molar-refractivity contribution in [3.63, 3.8) is 0 Å². The fourth-order valence-electron chi connectivity index (χ4n) is 4.51. The highest BCUT2D eigenvalue weighted by molar-refractivity contribution is 5.91. The molecule has 7 nitrogen and oxygen atoms in total. The summed E-state index contributed by atoms with van der Waals surface area (Å²) in [5.41, 5.74) is 2.09. The Morgan fingerprint density at radius 3 is 2.24 bits per heavy atom. The molecule has 1 saturated heterocycles. The molecule has 198 valence electrons. The Kier molecular flexibility index (Phi) is 12.4. The zero-order valence-electron chi connectivity index (χ0n) is 21.8. The monoisotopic (exact) mass is 503 g/mol. The molecule has 7 heteroatoms. The quantitative estimate of drug-likeness (QED) is 0.331. The van der Waals surface area contributed by atoms with Crippen molar-refractivity contribution in [1.82, 2.24) is 20.4 Å². The first-order valence-corrected chi connectivity index (χ1v) is 13.5. The van der Waals surface area contributed by atoms with Crippen LogP contribution in [0.3, 0.4) is 0 Å². The van der Waals surface area contributed by atoms with Crippen LogP contribution in [0, 0.1) is 5.41 Å². The number of nitrogens with zero attached hydrogens (tertiary/aromatic N) is 2. The third-order valence-electron chi connectivity index (χ3n) is 6.62. The summed E-state index contributed by atoms with van der Waals surface area (Å²) in [5.74, 6) is 0.00415. The zero-order valence-corrected chi connectivity index (χ0v) is 21.8.